The van der Waals surface area contributed by atoms with Crippen LogP contribution in [0.3, 0.4) is 0 Å². The van der Waals surface area contributed by atoms with Gasteiger partial charge in [0.25, 0.3) is 10.0 Å². The molecule has 0 radical (unpaired) electrons. The van der Waals surface area contributed by atoms with Gasteiger partial charge in [-0.1, -0.05) is 0 Å². The molecule has 0 unspecified atom stereocenters. The number of methoxy groups -OCH3 is 2. The Labute approximate surface area is 162 Å². The van der Waals surface area contributed by atoms with Crippen molar-refractivity contribution in [1.82, 2.24) is 9.82 Å². The molecule has 0 amide bonds. The minimum absolute atomic E-state index is 0.0223. The number of hydrazone groups is 1. The minimum atomic E-state index is -4.09. The monoisotopic (exact) mass is 422 g/mol. The van der Waals surface area contributed by atoms with Crippen molar-refractivity contribution in [2.75, 3.05) is 14.2 Å². The Hall–Kier alpha value is -3.87. The molecule has 0 spiro atoms. The number of ether oxygens (including phenoxy) is 2. The number of hydrogen-bond donors (Lipinski definition) is 2. The summed E-state index contributed by atoms with van der Waals surface area (Å²) in [6, 6.07) is 6.20. The van der Waals surface area contributed by atoms with Crippen LogP contribution in [-0.4, -0.2) is 38.8 Å². The van der Waals surface area contributed by atoms with Gasteiger partial charge in [0.05, 0.1) is 35.8 Å². The summed E-state index contributed by atoms with van der Waals surface area (Å²) < 4.78 is 39.7. The van der Waals surface area contributed by atoms with Crippen LogP contribution in [0, 0.1) is 10.1 Å². The summed E-state index contributed by atoms with van der Waals surface area (Å²) in [6.07, 6.45) is 1.05. The van der Waals surface area contributed by atoms with E-state index in [0.29, 0.717) is 5.52 Å². The third-order valence-corrected chi connectivity index (χ3v) is 5.03. The first kappa shape index (κ1) is 19.9. The van der Waals surface area contributed by atoms with Crippen LogP contribution in [0.2, 0.25) is 0 Å². The normalized spacial score (nSPS) is 11.7. The first-order valence-electron chi connectivity index (χ1n) is 7.83. The Kier molecular flexibility index (Phi) is 5.23. The van der Waals surface area contributed by atoms with Crippen LogP contribution in [-0.2, 0) is 10.0 Å². The van der Waals surface area contributed by atoms with Gasteiger partial charge in [0.1, 0.15) is 5.75 Å². The maximum Gasteiger partial charge on any atom is 0.417 e. The van der Waals surface area contributed by atoms with Crippen molar-refractivity contribution in [3.63, 3.8) is 0 Å². The summed E-state index contributed by atoms with van der Waals surface area (Å²) in [6.45, 7) is 0. The minimum Gasteiger partial charge on any atom is -0.496 e. The van der Waals surface area contributed by atoms with Gasteiger partial charge in [0.2, 0.25) is 5.75 Å². The van der Waals surface area contributed by atoms with Crippen LogP contribution in [0.1, 0.15) is 5.56 Å². The van der Waals surface area contributed by atoms with Crippen LogP contribution in [0.15, 0.2) is 49.5 Å². The number of rotatable bonds is 7. The summed E-state index contributed by atoms with van der Waals surface area (Å²) in [5.41, 5.74) is 0.211. The molecule has 0 saturated carbocycles. The third-order valence-electron chi connectivity index (χ3n) is 3.81. The topological polar surface area (TPSA) is 166 Å². The molecule has 2 N–H and O–H groups in total. The summed E-state index contributed by atoms with van der Waals surface area (Å²) >= 11 is 0. The number of oxazole rings is 1. The van der Waals surface area contributed by atoms with Crippen molar-refractivity contribution in [3.8, 4) is 11.5 Å². The largest absolute Gasteiger partial charge is 0.496 e. The molecule has 0 atom stereocenters. The summed E-state index contributed by atoms with van der Waals surface area (Å²) in [5.74, 6) is -0.550. The fourth-order valence-electron chi connectivity index (χ4n) is 2.46. The number of aromatic amines is 1. The molecular weight excluding hydrogens is 408 g/mol. The molecule has 0 aliphatic carbocycles. The second-order valence-electron chi connectivity index (χ2n) is 5.55. The highest BCUT2D eigenvalue weighted by Crippen LogP contribution is 2.33. The van der Waals surface area contributed by atoms with Gasteiger partial charge in [-0.25, -0.2) is 9.63 Å². The number of fused-ring (bicyclic) bond motifs is 1. The molecule has 0 fully saturated rings. The lowest BCUT2D eigenvalue weighted by Gasteiger charge is -2.08. The van der Waals surface area contributed by atoms with E-state index < -0.39 is 20.7 Å². The smallest absolute Gasteiger partial charge is 0.417 e. The van der Waals surface area contributed by atoms with E-state index in [-0.39, 0.29) is 33.2 Å². The van der Waals surface area contributed by atoms with E-state index in [1.807, 2.05) is 4.83 Å². The molecule has 1 aromatic heterocycles. The molecule has 1 heterocycles. The van der Waals surface area contributed by atoms with E-state index >= 15 is 0 Å². The highest BCUT2D eigenvalue weighted by atomic mass is 32.2. The predicted molar refractivity (Wildman–Crippen MR) is 101 cm³/mol. The van der Waals surface area contributed by atoms with Crippen molar-refractivity contribution in [1.29, 1.82) is 0 Å². The number of sulfonamides is 1. The maximum atomic E-state index is 12.4. The van der Waals surface area contributed by atoms with Gasteiger partial charge >= 0.3 is 11.4 Å². The number of hydrogen-bond acceptors (Lipinski definition) is 9. The molecule has 0 aliphatic rings. The maximum absolute atomic E-state index is 12.4. The van der Waals surface area contributed by atoms with Crippen LogP contribution >= 0.6 is 0 Å². The van der Waals surface area contributed by atoms with E-state index in [1.54, 1.807) is 0 Å². The molecule has 3 rings (SSSR count). The van der Waals surface area contributed by atoms with Crippen LogP contribution < -0.4 is 20.1 Å². The number of nitro groups is 1. The molecule has 2 aromatic carbocycles. The lowest BCUT2D eigenvalue weighted by molar-refractivity contribution is -0.385. The standard InChI is InChI=1S/C16H14N4O8S/c1-26-13-7-15(27-2)12(20(22)23)5-9(13)8-17-19-29(24,25)10-3-4-11-14(6-10)28-16(21)18-11/h3-8,19H,1-2H3,(H,18,21)/b17-8+. The van der Waals surface area contributed by atoms with Crippen molar-refractivity contribution in [2.24, 2.45) is 5.10 Å². The number of aromatic nitrogens is 1. The van der Waals surface area contributed by atoms with Crippen molar-refractivity contribution in [3.05, 3.63) is 56.6 Å². The first-order valence-corrected chi connectivity index (χ1v) is 9.31. The molecular formula is C16H14N4O8S. The fourth-order valence-corrected chi connectivity index (χ4v) is 3.27. The molecule has 152 valence electrons. The van der Waals surface area contributed by atoms with Gasteiger partial charge in [-0.2, -0.15) is 13.5 Å². The number of benzene rings is 2. The van der Waals surface area contributed by atoms with Crippen LogP contribution in [0.4, 0.5) is 5.69 Å². The van der Waals surface area contributed by atoms with Crippen molar-refractivity contribution in [2.45, 2.75) is 4.90 Å². The number of nitro benzene ring substituents is 1. The zero-order valence-electron chi connectivity index (χ0n) is 15.0. The third kappa shape index (κ3) is 4.03. The highest BCUT2D eigenvalue weighted by molar-refractivity contribution is 7.89. The van der Waals surface area contributed by atoms with E-state index in [1.165, 1.54) is 32.4 Å². The molecule has 13 heteroatoms. The zero-order chi connectivity index (χ0) is 21.2. The van der Waals surface area contributed by atoms with E-state index in [9.17, 15) is 23.3 Å². The number of nitrogens with zero attached hydrogens (tertiary/aromatic N) is 2. The Morgan fingerprint density at radius 3 is 2.59 bits per heavy atom. The van der Waals surface area contributed by atoms with Gasteiger partial charge in [0, 0.05) is 23.8 Å². The SMILES string of the molecule is COc1cc(OC)c([N+](=O)[O-])cc1/C=N/NS(=O)(=O)c1ccc2[nH]c(=O)oc2c1. The van der Waals surface area contributed by atoms with Crippen LogP contribution in [0.25, 0.3) is 11.1 Å². The first-order chi connectivity index (χ1) is 13.7. The molecule has 3 aromatic rings. The molecule has 0 bridgehead atoms. The number of nitrogens with one attached hydrogen (secondary N) is 2. The summed E-state index contributed by atoms with van der Waals surface area (Å²) in [7, 11) is -1.49. The Morgan fingerprint density at radius 1 is 1.21 bits per heavy atom. The van der Waals surface area contributed by atoms with Gasteiger partial charge in [-0.3, -0.25) is 15.1 Å². The van der Waals surface area contributed by atoms with Crippen molar-refractivity contribution >= 4 is 33.0 Å². The second kappa shape index (κ2) is 7.63. The Bertz CT molecular complexity index is 1280. The molecule has 12 nitrogen and oxygen atoms in total. The highest BCUT2D eigenvalue weighted by Gasteiger charge is 2.19. The average Bonchev–Trinajstić information content (AvgIpc) is 3.06. The molecule has 29 heavy (non-hydrogen) atoms. The Balaban J connectivity index is 1.90. The fraction of sp³-hybridized carbons (Fsp3) is 0.125. The van der Waals surface area contributed by atoms with Gasteiger partial charge < -0.3 is 13.9 Å². The predicted octanol–water partition coefficient (Wildman–Crippen LogP) is 1.36. The van der Waals surface area contributed by atoms with Gasteiger partial charge in [-0.05, 0) is 12.1 Å². The zero-order valence-corrected chi connectivity index (χ0v) is 15.8. The van der Waals surface area contributed by atoms with E-state index in [0.717, 1.165) is 18.3 Å². The van der Waals surface area contributed by atoms with Crippen molar-refractivity contribution < 1.29 is 27.2 Å². The number of H-pyrrole nitrogens is 1. The molecule has 0 aliphatic heterocycles. The molecule has 0 saturated heterocycles. The average molecular weight is 422 g/mol. The second-order valence-corrected chi connectivity index (χ2v) is 7.21. The van der Waals surface area contributed by atoms with Gasteiger partial charge in [-0.15, -0.1) is 0 Å². The quantitative estimate of drug-likeness (QED) is 0.327. The van der Waals surface area contributed by atoms with Gasteiger partial charge in [0.15, 0.2) is 5.58 Å². The van der Waals surface area contributed by atoms with E-state index in [4.69, 9.17) is 13.9 Å². The van der Waals surface area contributed by atoms with E-state index in [2.05, 4.69) is 10.1 Å². The lowest BCUT2D eigenvalue weighted by atomic mass is 10.1. The summed E-state index contributed by atoms with van der Waals surface area (Å²) in [5, 5.41) is 14.8. The lowest BCUT2D eigenvalue weighted by Crippen LogP contribution is -2.18. The Morgan fingerprint density at radius 2 is 1.93 bits per heavy atom. The summed E-state index contributed by atoms with van der Waals surface area (Å²) in [4.78, 5) is 25.9. The van der Waals surface area contributed by atoms with Crippen LogP contribution in [0.5, 0.6) is 11.5 Å².